The number of fused-ring (bicyclic) bond motifs is 2. The molecule has 12 nitrogen and oxygen atoms in total. The number of esters is 1. The number of hydrogen-bond donors (Lipinski definition) is 3. The third-order valence-electron chi connectivity index (χ3n) is 11.0. The van der Waals surface area contributed by atoms with Crippen LogP contribution in [0, 0.1) is 11.8 Å². The van der Waals surface area contributed by atoms with Crippen molar-refractivity contribution in [2.45, 2.75) is 110 Å². The number of phosphoric ester groups is 1. The van der Waals surface area contributed by atoms with E-state index in [-0.39, 0.29) is 71.4 Å². The van der Waals surface area contributed by atoms with Gasteiger partial charge in [-0.25, -0.2) is 9.36 Å². The van der Waals surface area contributed by atoms with Crippen LogP contribution in [0.3, 0.4) is 0 Å². The second-order valence-electron chi connectivity index (χ2n) is 15.9. The fourth-order valence-electron chi connectivity index (χ4n) is 8.62. The summed E-state index contributed by atoms with van der Waals surface area (Å²) in [7, 11) is -5.24. The molecule has 3 heterocycles. The fraction of sp³-hybridized carbons (Fsp3) is 0.525. The van der Waals surface area contributed by atoms with Gasteiger partial charge < -0.3 is 28.6 Å². The van der Waals surface area contributed by atoms with Gasteiger partial charge in [-0.2, -0.15) is 0 Å². The summed E-state index contributed by atoms with van der Waals surface area (Å²) in [6.07, 6.45) is 12.4. The highest BCUT2D eigenvalue weighted by Crippen LogP contribution is 2.69. The number of phosphoric acid groups is 1. The van der Waals surface area contributed by atoms with Gasteiger partial charge in [0.15, 0.2) is 28.5 Å². The van der Waals surface area contributed by atoms with E-state index >= 15 is 4.79 Å². The standard InChI is InChI=1S/C40H49O12P/c1-22(2)10-9-15-38(8)16-14-27-32(49-38)26(12-11-23(3)4)33-30(34(27)51-53(45,46)47)31(42)28-20-25-21-29-37(6,7)52-39(35(25)43,40(28,29)50-33)17-13-24(5)36(44)48-19-18-41/h10-11,13-14,16,20,25,29,41H,9,12,15,17-19,21H2,1-8H3,(H2,45,46,47). The fourth-order valence-corrected chi connectivity index (χ4v) is 9.04. The van der Waals surface area contributed by atoms with Crippen molar-refractivity contribution in [3.63, 3.8) is 0 Å². The zero-order valence-electron chi connectivity index (χ0n) is 31.5. The lowest BCUT2D eigenvalue weighted by Gasteiger charge is -2.56. The molecule has 2 fully saturated rings. The molecule has 1 saturated carbocycles. The highest BCUT2D eigenvalue weighted by atomic mass is 31.2. The Morgan fingerprint density at radius 1 is 1.02 bits per heavy atom. The van der Waals surface area contributed by atoms with E-state index < -0.39 is 53.8 Å². The number of carbonyl (C=O) groups excluding carboxylic acids is 3. The van der Waals surface area contributed by atoms with Gasteiger partial charge >= 0.3 is 13.8 Å². The third kappa shape index (κ3) is 6.46. The second kappa shape index (κ2) is 13.5. The van der Waals surface area contributed by atoms with Gasteiger partial charge in [0.25, 0.3) is 0 Å². The number of Topliss-reactive ketones (excluding diaryl/α,β-unsaturated/α-hetero) is 2. The number of hydrogen-bond acceptors (Lipinski definition) is 10. The minimum Gasteiger partial charge on any atom is -0.482 e. The zero-order valence-corrected chi connectivity index (χ0v) is 32.4. The van der Waals surface area contributed by atoms with Crippen LogP contribution in [-0.2, 0) is 30.0 Å². The first kappa shape index (κ1) is 38.9. The Kier molecular flexibility index (Phi) is 9.91. The average Bonchev–Trinajstić information content (AvgIpc) is 3.21. The summed E-state index contributed by atoms with van der Waals surface area (Å²) in [6, 6.07) is 0. The van der Waals surface area contributed by atoms with Crippen LogP contribution >= 0.6 is 7.82 Å². The molecule has 6 aliphatic rings. The molecule has 3 aliphatic carbocycles. The Balaban J connectivity index is 1.61. The van der Waals surface area contributed by atoms with Crippen molar-refractivity contribution in [1.82, 2.24) is 0 Å². The smallest absolute Gasteiger partial charge is 0.482 e. The molecule has 7 rings (SSSR count). The lowest BCUT2D eigenvalue weighted by molar-refractivity contribution is -0.171. The topological polar surface area (TPSA) is 175 Å². The number of benzene rings is 1. The summed E-state index contributed by atoms with van der Waals surface area (Å²) in [5.74, 6) is -2.93. The molecule has 13 heteroatoms. The number of aliphatic hydroxyl groups excluding tert-OH is 1. The number of carbonyl (C=O) groups is 3. The van der Waals surface area contributed by atoms with Crippen molar-refractivity contribution in [2.75, 3.05) is 13.2 Å². The number of aliphatic hydroxyl groups is 1. The van der Waals surface area contributed by atoms with Crippen LogP contribution < -0.4 is 14.0 Å². The van der Waals surface area contributed by atoms with Gasteiger partial charge in [0.1, 0.15) is 29.3 Å². The van der Waals surface area contributed by atoms with Crippen LogP contribution in [0.4, 0.5) is 0 Å². The summed E-state index contributed by atoms with van der Waals surface area (Å²) in [5, 5.41) is 9.16. The van der Waals surface area contributed by atoms with E-state index in [2.05, 4.69) is 6.08 Å². The Hall–Kier alpha value is -3.80. The maximum Gasteiger partial charge on any atom is 0.524 e. The van der Waals surface area contributed by atoms with E-state index in [0.717, 1.165) is 11.1 Å². The molecule has 286 valence electrons. The number of rotatable bonds is 12. The van der Waals surface area contributed by atoms with Crippen molar-refractivity contribution in [2.24, 2.45) is 11.8 Å². The molecular formula is C40H49O12P. The Bertz CT molecular complexity index is 1970. The Morgan fingerprint density at radius 2 is 1.72 bits per heavy atom. The number of ketones is 2. The maximum atomic E-state index is 15.1. The molecule has 3 N–H and O–H groups in total. The Morgan fingerprint density at radius 3 is 2.36 bits per heavy atom. The molecule has 1 saturated heterocycles. The van der Waals surface area contributed by atoms with Gasteiger partial charge in [0.2, 0.25) is 0 Å². The van der Waals surface area contributed by atoms with E-state index in [1.165, 1.54) is 13.0 Å². The van der Waals surface area contributed by atoms with Crippen LogP contribution in [0.2, 0.25) is 0 Å². The van der Waals surface area contributed by atoms with Gasteiger partial charge in [0.05, 0.1) is 17.8 Å². The normalized spacial score (nSPS) is 28.9. The molecule has 4 bridgehead atoms. The monoisotopic (exact) mass is 752 g/mol. The van der Waals surface area contributed by atoms with Gasteiger partial charge in [-0.1, -0.05) is 35.5 Å². The molecule has 1 aromatic rings. The first-order valence-corrected chi connectivity index (χ1v) is 19.5. The van der Waals surface area contributed by atoms with Crippen LogP contribution in [-0.4, -0.2) is 68.0 Å². The molecule has 1 aromatic carbocycles. The maximum absolute atomic E-state index is 15.1. The van der Waals surface area contributed by atoms with E-state index in [1.54, 1.807) is 18.2 Å². The van der Waals surface area contributed by atoms with Crippen molar-refractivity contribution < 1.29 is 57.3 Å². The summed E-state index contributed by atoms with van der Waals surface area (Å²) < 4.78 is 43.8. The van der Waals surface area contributed by atoms with Crippen molar-refractivity contribution in [3.8, 4) is 17.2 Å². The van der Waals surface area contributed by atoms with E-state index in [4.69, 9.17) is 28.6 Å². The third-order valence-corrected chi connectivity index (χ3v) is 11.4. The highest BCUT2D eigenvalue weighted by molar-refractivity contribution is 7.46. The predicted octanol–water partition coefficient (Wildman–Crippen LogP) is 6.46. The molecule has 0 amide bonds. The number of allylic oxidation sites excluding steroid dienone is 5. The van der Waals surface area contributed by atoms with Crippen molar-refractivity contribution in [1.29, 1.82) is 0 Å². The molecular weight excluding hydrogens is 703 g/mol. The quantitative estimate of drug-likeness (QED) is 0.0922. The second-order valence-corrected chi connectivity index (χ2v) is 17.0. The Labute approximate surface area is 309 Å². The van der Waals surface area contributed by atoms with Gasteiger partial charge in [-0.05, 0) is 93.2 Å². The van der Waals surface area contributed by atoms with Gasteiger partial charge in [0, 0.05) is 35.0 Å². The van der Waals surface area contributed by atoms with Crippen LogP contribution in [0.5, 0.6) is 17.2 Å². The van der Waals surface area contributed by atoms with Crippen LogP contribution in [0.25, 0.3) is 6.08 Å². The van der Waals surface area contributed by atoms with Crippen LogP contribution in [0.1, 0.15) is 103 Å². The molecule has 0 aromatic heterocycles. The highest BCUT2D eigenvalue weighted by Gasteiger charge is 2.81. The average molecular weight is 753 g/mol. The van der Waals surface area contributed by atoms with Crippen molar-refractivity contribution >= 4 is 31.4 Å². The number of ether oxygens (including phenoxy) is 4. The predicted molar refractivity (Wildman–Crippen MR) is 196 cm³/mol. The SMILES string of the molecule is CC(C)=CCCC1(C)C=Cc2c(c(CC=C(C)C)c3c(c2OP(=O)(O)O)C(=O)C2=CC4CC5C(C)(C)OC(CC=C(C)C(=O)OCCO)(C4=O)C25O3)O1. The summed E-state index contributed by atoms with van der Waals surface area (Å²) in [6.45, 7) is 14.5. The summed E-state index contributed by atoms with van der Waals surface area (Å²) >= 11 is 0. The minimum atomic E-state index is -5.24. The molecule has 1 spiro atoms. The molecule has 53 heavy (non-hydrogen) atoms. The van der Waals surface area contributed by atoms with Crippen molar-refractivity contribution in [3.05, 3.63) is 69.4 Å². The molecule has 3 aliphatic heterocycles. The lowest BCUT2D eigenvalue weighted by atomic mass is 9.51. The van der Waals surface area contributed by atoms with E-state index in [1.807, 2.05) is 54.5 Å². The van der Waals surface area contributed by atoms with E-state index in [9.17, 15) is 23.9 Å². The largest absolute Gasteiger partial charge is 0.524 e. The summed E-state index contributed by atoms with van der Waals surface area (Å²) in [5.41, 5.74) is -2.34. The lowest BCUT2D eigenvalue weighted by Crippen LogP contribution is -2.72. The first-order valence-electron chi connectivity index (χ1n) is 18.0. The summed E-state index contributed by atoms with van der Waals surface area (Å²) in [4.78, 5) is 62.8. The molecule has 0 radical (unpaired) electrons. The van der Waals surface area contributed by atoms with E-state index in [0.29, 0.717) is 24.8 Å². The zero-order chi connectivity index (χ0) is 38.9. The first-order chi connectivity index (χ1) is 24.7. The van der Waals surface area contributed by atoms with Crippen LogP contribution in [0.15, 0.2) is 52.7 Å². The molecule has 5 unspecified atom stereocenters. The molecule has 5 atom stereocenters. The van der Waals surface area contributed by atoms with Gasteiger partial charge in [-0.3, -0.25) is 19.4 Å². The minimum absolute atomic E-state index is 0.000630. The van der Waals surface area contributed by atoms with Gasteiger partial charge in [-0.15, -0.1) is 0 Å².